The van der Waals surface area contributed by atoms with E-state index in [0.717, 1.165) is 89.1 Å². The standard InChI is InChI=1S/C57H38N4/c1-6-16-39(17-7-1)41-26-30-43(31-27-41)51-38-52(59-57(58-51)47-32-28-42(29-33-47)40-18-8-2-9-19-40)48-34-35-50-49(36-48)37-53(44-20-10-3-11-21-44)61-56(50)54(45-22-12-4-13-23-45)55(60-61)46-24-14-5-15-25-46/h1-38H. The van der Waals surface area contributed by atoms with E-state index in [0.29, 0.717) is 5.82 Å². The summed E-state index contributed by atoms with van der Waals surface area (Å²) in [5.41, 5.74) is 16.8. The molecule has 0 radical (unpaired) electrons. The number of rotatable bonds is 8. The fraction of sp³-hybridized carbons (Fsp3) is 0. The molecule has 11 aromatic rings. The van der Waals surface area contributed by atoms with Crippen LogP contribution in [0, 0.1) is 0 Å². The zero-order chi connectivity index (χ0) is 40.5. The number of hydrogen-bond donors (Lipinski definition) is 0. The zero-order valence-corrected chi connectivity index (χ0v) is 33.2. The molecule has 0 saturated heterocycles. The number of fused-ring (bicyclic) bond motifs is 3. The maximum Gasteiger partial charge on any atom is 0.160 e. The predicted octanol–water partition coefficient (Wildman–Crippen LogP) is 14.6. The molecule has 0 saturated carbocycles. The monoisotopic (exact) mass is 778 g/mol. The van der Waals surface area contributed by atoms with Crippen molar-refractivity contribution in [1.82, 2.24) is 19.6 Å². The normalized spacial score (nSPS) is 11.3. The van der Waals surface area contributed by atoms with Gasteiger partial charge in [0, 0.05) is 38.8 Å². The molecule has 4 heteroatoms. The summed E-state index contributed by atoms with van der Waals surface area (Å²) in [6.45, 7) is 0. The van der Waals surface area contributed by atoms with Crippen molar-refractivity contribution in [3.63, 3.8) is 0 Å². The van der Waals surface area contributed by atoms with E-state index in [9.17, 15) is 0 Å². The summed E-state index contributed by atoms with van der Waals surface area (Å²) in [5, 5.41) is 7.61. The third kappa shape index (κ3) is 6.86. The highest BCUT2D eigenvalue weighted by molar-refractivity contribution is 6.09. The summed E-state index contributed by atoms with van der Waals surface area (Å²) in [5.74, 6) is 0.675. The van der Waals surface area contributed by atoms with Gasteiger partial charge in [0.15, 0.2) is 5.82 Å². The molecule has 0 amide bonds. The Morgan fingerprint density at radius 3 is 1.30 bits per heavy atom. The lowest BCUT2D eigenvalue weighted by Crippen LogP contribution is -1.97. The van der Waals surface area contributed by atoms with Gasteiger partial charge in [0.2, 0.25) is 0 Å². The first-order valence-electron chi connectivity index (χ1n) is 20.6. The van der Waals surface area contributed by atoms with Crippen LogP contribution in [0.4, 0.5) is 0 Å². The fourth-order valence-corrected chi connectivity index (χ4v) is 8.38. The molecule has 0 aliphatic heterocycles. The van der Waals surface area contributed by atoms with E-state index in [1.165, 1.54) is 11.1 Å². The number of pyridine rings is 1. The van der Waals surface area contributed by atoms with Crippen molar-refractivity contribution in [2.75, 3.05) is 0 Å². The average Bonchev–Trinajstić information content (AvgIpc) is 3.76. The largest absolute Gasteiger partial charge is 0.231 e. The maximum absolute atomic E-state index is 5.40. The Hall–Kier alpha value is -8.21. The Labute approximate surface area is 354 Å². The van der Waals surface area contributed by atoms with Gasteiger partial charge in [-0.3, -0.25) is 0 Å². The molecule has 4 nitrogen and oxygen atoms in total. The summed E-state index contributed by atoms with van der Waals surface area (Å²) in [4.78, 5) is 10.5. The number of nitrogens with zero attached hydrogens (tertiary/aromatic N) is 4. The topological polar surface area (TPSA) is 43.1 Å². The molecule has 0 aliphatic rings. The van der Waals surface area contributed by atoms with E-state index in [1.807, 2.05) is 12.1 Å². The van der Waals surface area contributed by atoms with Gasteiger partial charge in [0.25, 0.3) is 0 Å². The third-order valence-electron chi connectivity index (χ3n) is 11.5. The van der Waals surface area contributed by atoms with Gasteiger partial charge < -0.3 is 0 Å². The molecule has 8 aromatic carbocycles. The molecule has 61 heavy (non-hydrogen) atoms. The van der Waals surface area contributed by atoms with Crippen LogP contribution < -0.4 is 0 Å². The molecular weight excluding hydrogens is 741 g/mol. The molecule has 0 atom stereocenters. The van der Waals surface area contributed by atoms with Crippen LogP contribution in [0.15, 0.2) is 231 Å². The lowest BCUT2D eigenvalue weighted by atomic mass is 9.95. The lowest BCUT2D eigenvalue weighted by Gasteiger charge is -2.13. The molecule has 3 heterocycles. The van der Waals surface area contributed by atoms with E-state index in [2.05, 4.69) is 223 Å². The van der Waals surface area contributed by atoms with E-state index in [-0.39, 0.29) is 0 Å². The summed E-state index contributed by atoms with van der Waals surface area (Å²) in [6.07, 6.45) is 0. The smallest absolute Gasteiger partial charge is 0.160 e. The van der Waals surface area contributed by atoms with Gasteiger partial charge in [-0.1, -0.05) is 212 Å². The van der Waals surface area contributed by atoms with Crippen LogP contribution >= 0.6 is 0 Å². The highest BCUT2D eigenvalue weighted by atomic mass is 15.2. The summed E-state index contributed by atoms with van der Waals surface area (Å²) >= 11 is 0. The minimum atomic E-state index is 0.675. The Morgan fingerprint density at radius 1 is 0.311 bits per heavy atom. The quantitative estimate of drug-likeness (QED) is 0.154. The van der Waals surface area contributed by atoms with Crippen molar-refractivity contribution < 1.29 is 0 Å². The van der Waals surface area contributed by atoms with Crippen molar-refractivity contribution in [1.29, 1.82) is 0 Å². The average molecular weight is 779 g/mol. The summed E-state index contributed by atoms with van der Waals surface area (Å²) in [7, 11) is 0. The van der Waals surface area contributed by atoms with Crippen LogP contribution in [-0.4, -0.2) is 19.6 Å². The SMILES string of the molecule is c1ccc(-c2ccc(-c3cc(-c4ccc5c(c4)cc(-c4ccccc4)n4nc(-c6ccccc6)c(-c6ccccc6)c54)nc(-c4ccc(-c5ccccc5)cc4)n3)cc2)cc1. The molecule has 0 N–H and O–H groups in total. The molecule has 11 rings (SSSR count). The van der Waals surface area contributed by atoms with Gasteiger partial charge in [0.1, 0.15) is 5.69 Å². The zero-order valence-electron chi connectivity index (χ0n) is 33.2. The number of aromatic nitrogens is 4. The molecular formula is C57H38N4. The predicted molar refractivity (Wildman–Crippen MR) is 252 cm³/mol. The van der Waals surface area contributed by atoms with Crippen LogP contribution in [0.1, 0.15) is 0 Å². The second-order valence-electron chi connectivity index (χ2n) is 15.3. The summed E-state index contributed by atoms with van der Waals surface area (Å²) in [6, 6.07) is 80.9. The van der Waals surface area contributed by atoms with Gasteiger partial charge in [-0.05, 0) is 51.4 Å². The van der Waals surface area contributed by atoms with Crippen LogP contribution in [0.3, 0.4) is 0 Å². The van der Waals surface area contributed by atoms with Gasteiger partial charge >= 0.3 is 0 Å². The van der Waals surface area contributed by atoms with E-state index in [1.54, 1.807) is 0 Å². The second-order valence-corrected chi connectivity index (χ2v) is 15.3. The Balaban J connectivity index is 1.11. The van der Waals surface area contributed by atoms with Crippen LogP contribution in [0.2, 0.25) is 0 Å². The van der Waals surface area contributed by atoms with Crippen molar-refractivity contribution in [2.24, 2.45) is 0 Å². The van der Waals surface area contributed by atoms with Crippen LogP contribution in [-0.2, 0) is 0 Å². The third-order valence-corrected chi connectivity index (χ3v) is 11.5. The Bertz CT molecular complexity index is 3190. The Morgan fingerprint density at radius 2 is 0.738 bits per heavy atom. The molecule has 286 valence electrons. The van der Waals surface area contributed by atoms with Gasteiger partial charge in [-0.25, -0.2) is 14.5 Å². The highest BCUT2D eigenvalue weighted by Gasteiger charge is 2.22. The molecule has 3 aromatic heterocycles. The van der Waals surface area contributed by atoms with E-state index >= 15 is 0 Å². The molecule has 0 unspecified atom stereocenters. The van der Waals surface area contributed by atoms with Crippen LogP contribution in [0.5, 0.6) is 0 Å². The van der Waals surface area contributed by atoms with Crippen molar-refractivity contribution in [2.45, 2.75) is 0 Å². The van der Waals surface area contributed by atoms with Gasteiger partial charge in [-0.15, -0.1) is 0 Å². The first kappa shape index (κ1) is 35.9. The van der Waals surface area contributed by atoms with E-state index < -0.39 is 0 Å². The fourth-order valence-electron chi connectivity index (χ4n) is 8.38. The van der Waals surface area contributed by atoms with E-state index in [4.69, 9.17) is 15.1 Å². The van der Waals surface area contributed by atoms with Gasteiger partial charge in [-0.2, -0.15) is 5.10 Å². The molecule has 0 bridgehead atoms. The van der Waals surface area contributed by atoms with Gasteiger partial charge in [0.05, 0.1) is 22.6 Å². The van der Waals surface area contributed by atoms with Crippen molar-refractivity contribution >= 4 is 16.3 Å². The first-order valence-corrected chi connectivity index (χ1v) is 20.6. The number of hydrogen-bond acceptors (Lipinski definition) is 3. The van der Waals surface area contributed by atoms with Crippen molar-refractivity contribution in [3.05, 3.63) is 231 Å². The molecule has 0 fully saturated rings. The summed E-state index contributed by atoms with van der Waals surface area (Å²) < 4.78 is 2.14. The molecule has 0 aliphatic carbocycles. The first-order chi connectivity index (χ1) is 30.2. The van der Waals surface area contributed by atoms with Crippen molar-refractivity contribution in [3.8, 4) is 89.8 Å². The molecule has 0 spiro atoms. The second kappa shape index (κ2) is 15.5. The maximum atomic E-state index is 5.40. The number of benzene rings is 8. The lowest BCUT2D eigenvalue weighted by molar-refractivity contribution is 0.979. The minimum Gasteiger partial charge on any atom is -0.231 e. The van der Waals surface area contributed by atoms with Crippen LogP contribution in [0.25, 0.3) is 106 Å². The Kier molecular flexibility index (Phi) is 9.14. The highest BCUT2D eigenvalue weighted by Crippen LogP contribution is 2.42. The minimum absolute atomic E-state index is 0.675.